The van der Waals surface area contributed by atoms with Crippen molar-refractivity contribution in [3.8, 4) is 11.4 Å². The Labute approximate surface area is 128 Å². The Morgan fingerprint density at radius 1 is 0.905 bits per heavy atom. The maximum absolute atomic E-state index is 6.10. The largest absolute Gasteiger partial charge is 0.340 e. The smallest absolute Gasteiger partial charge is 0.163 e. The van der Waals surface area contributed by atoms with Gasteiger partial charge in [0, 0.05) is 17.3 Å². The molecule has 2 aromatic carbocycles. The standard InChI is InChI=1S/C17H14ClN3/c1-12-7-9-14(10-8-12)19-16-11-15(18)20-17(21-16)13-5-3-2-4-6-13/h2-11H,1H3,(H,19,20,21). The molecule has 21 heavy (non-hydrogen) atoms. The van der Waals surface area contributed by atoms with E-state index in [1.165, 1.54) is 5.56 Å². The first-order valence-corrected chi connectivity index (χ1v) is 7.02. The molecule has 3 aromatic rings. The zero-order valence-electron chi connectivity index (χ0n) is 11.5. The lowest BCUT2D eigenvalue weighted by Gasteiger charge is -2.08. The first-order valence-electron chi connectivity index (χ1n) is 6.64. The van der Waals surface area contributed by atoms with Crippen LogP contribution >= 0.6 is 11.6 Å². The van der Waals surface area contributed by atoms with Crippen LogP contribution in [0.15, 0.2) is 60.7 Å². The van der Waals surface area contributed by atoms with Gasteiger partial charge in [0.1, 0.15) is 11.0 Å². The Morgan fingerprint density at radius 3 is 2.33 bits per heavy atom. The summed E-state index contributed by atoms with van der Waals surface area (Å²) in [7, 11) is 0. The van der Waals surface area contributed by atoms with Crippen molar-refractivity contribution >= 4 is 23.1 Å². The normalized spacial score (nSPS) is 10.4. The highest BCUT2D eigenvalue weighted by Crippen LogP contribution is 2.22. The van der Waals surface area contributed by atoms with Gasteiger partial charge in [0.25, 0.3) is 0 Å². The minimum Gasteiger partial charge on any atom is -0.340 e. The van der Waals surface area contributed by atoms with E-state index < -0.39 is 0 Å². The number of rotatable bonds is 3. The van der Waals surface area contributed by atoms with E-state index in [0.29, 0.717) is 16.8 Å². The number of benzene rings is 2. The molecule has 3 nitrogen and oxygen atoms in total. The van der Waals surface area contributed by atoms with E-state index in [2.05, 4.69) is 22.2 Å². The maximum Gasteiger partial charge on any atom is 0.163 e. The third-order valence-corrected chi connectivity index (χ3v) is 3.24. The molecule has 0 saturated carbocycles. The van der Waals surface area contributed by atoms with Crippen molar-refractivity contribution in [1.82, 2.24) is 9.97 Å². The molecule has 3 rings (SSSR count). The van der Waals surface area contributed by atoms with Crippen LogP contribution in [0.2, 0.25) is 5.15 Å². The molecule has 0 aliphatic carbocycles. The molecule has 0 aliphatic rings. The Kier molecular flexibility index (Phi) is 3.84. The van der Waals surface area contributed by atoms with Crippen LogP contribution < -0.4 is 5.32 Å². The fraction of sp³-hybridized carbons (Fsp3) is 0.0588. The molecule has 0 amide bonds. The van der Waals surface area contributed by atoms with Crippen molar-refractivity contribution in [2.75, 3.05) is 5.32 Å². The monoisotopic (exact) mass is 295 g/mol. The Balaban J connectivity index is 1.93. The molecule has 0 spiro atoms. The summed E-state index contributed by atoms with van der Waals surface area (Å²) in [5.74, 6) is 1.29. The van der Waals surface area contributed by atoms with Crippen LogP contribution in [0, 0.1) is 6.92 Å². The van der Waals surface area contributed by atoms with Gasteiger partial charge in [-0.15, -0.1) is 0 Å². The lowest BCUT2D eigenvalue weighted by molar-refractivity contribution is 1.17. The molecule has 0 radical (unpaired) electrons. The molecule has 4 heteroatoms. The van der Waals surface area contributed by atoms with Gasteiger partial charge in [-0.25, -0.2) is 9.97 Å². The highest BCUT2D eigenvalue weighted by atomic mass is 35.5. The number of aromatic nitrogens is 2. The highest BCUT2D eigenvalue weighted by Gasteiger charge is 2.06. The zero-order valence-corrected chi connectivity index (χ0v) is 12.3. The van der Waals surface area contributed by atoms with Gasteiger partial charge in [-0.2, -0.15) is 0 Å². The molecule has 0 saturated heterocycles. The molecule has 1 heterocycles. The number of hydrogen-bond acceptors (Lipinski definition) is 3. The van der Waals surface area contributed by atoms with Crippen molar-refractivity contribution in [3.63, 3.8) is 0 Å². The molecule has 1 N–H and O–H groups in total. The second-order valence-electron chi connectivity index (χ2n) is 4.76. The first-order chi connectivity index (χ1) is 10.2. The second-order valence-corrected chi connectivity index (χ2v) is 5.14. The van der Waals surface area contributed by atoms with Crippen molar-refractivity contribution in [3.05, 3.63) is 71.4 Å². The van der Waals surface area contributed by atoms with Gasteiger partial charge in [-0.1, -0.05) is 59.6 Å². The van der Waals surface area contributed by atoms with Gasteiger partial charge >= 0.3 is 0 Å². The average Bonchev–Trinajstić information content (AvgIpc) is 2.50. The van der Waals surface area contributed by atoms with Crippen molar-refractivity contribution in [2.24, 2.45) is 0 Å². The minimum absolute atomic E-state index is 0.415. The van der Waals surface area contributed by atoms with Crippen LogP contribution in [0.5, 0.6) is 0 Å². The summed E-state index contributed by atoms with van der Waals surface area (Å²) in [6.07, 6.45) is 0. The summed E-state index contributed by atoms with van der Waals surface area (Å²) >= 11 is 6.10. The molecule has 0 atom stereocenters. The minimum atomic E-state index is 0.415. The van der Waals surface area contributed by atoms with Crippen molar-refractivity contribution < 1.29 is 0 Å². The summed E-state index contributed by atoms with van der Waals surface area (Å²) in [4.78, 5) is 8.79. The van der Waals surface area contributed by atoms with Crippen LogP contribution in [0.25, 0.3) is 11.4 Å². The fourth-order valence-corrected chi connectivity index (χ4v) is 2.17. The summed E-state index contributed by atoms with van der Waals surface area (Å²) in [6.45, 7) is 2.05. The van der Waals surface area contributed by atoms with Gasteiger partial charge in [0.15, 0.2) is 5.82 Å². The molecular formula is C17H14ClN3. The van der Waals surface area contributed by atoms with Crippen molar-refractivity contribution in [1.29, 1.82) is 0 Å². The van der Waals surface area contributed by atoms with E-state index in [4.69, 9.17) is 11.6 Å². The SMILES string of the molecule is Cc1ccc(Nc2cc(Cl)nc(-c3ccccc3)n2)cc1. The summed E-state index contributed by atoms with van der Waals surface area (Å²) in [6, 6.07) is 19.6. The summed E-state index contributed by atoms with van der Waals surface area (Å²) < 4.78 is 0. The number of nitrogens with zero attached hydrogens (tertiary/aromatic N) is 2. The zero-order chi connectivity index (χ0) is 14.7. The van der Waals surface area contributed by atoms with Gasteiger partial charge in [0.05, 0.1) is 0 Å². The lowest BCUT2D eigenvalue weighted by atomic mass is 10.2. The first kappa shape index (κ1) is 13.6. The second kappa shape index (κ2) is 5.94. The van der Waals surface area contributed by atoms with E-state index in [9.17, 15) is 0 Å². The van der Waals surface area contributed by atoms with Crippen molar-refractivity contribution in [2.45, 2.75) is 6.92 Å². The molecule has 0 aliphatic heterocycles. The van der Waals surface area contributed by atoms with Gasteiger partial charge in [-0.05, 0) is 19.1 Å². The third kappa shape index (κ3) is 3.38. The van der Waals surface area contributed by atoms with E-state index >= 15 is 0 Å². The van der Waals surface area contributed by atoms with Crippen LogP contribution in [-0.2, 0) is 0 Å². The highest BCUT2D eigenvalue weighted by molar-refractivity contribution is 6.29. The third-order valence-electron chi connectivity index (χ3n) is 3.05. The van der Waals surface area contributed by atoms with E-state index in [0.717, 1.165) is 11.3 Å². The molecular weight excluding hydrogens is 282 g/mol. The molecule has 0 bridgehead atoms. The van der Waals surface area contributed by atoms with Gasteiger partial charge < -0.3 is 5.32 Å². The van der Waals surface area contributed by atoms with Crippen LogP contribution in [0.4, 0.5) is 11.5 Å². The Bertz CT molecular complexity index is 740. The predicted octanol–water partition coefficient (Wildman–Crippen LogP) is 4.85. The average molecular weight is 296 g/mol. The Hall–Kier alpha value is -2.39. The maximum atomic E-state index is 6.10. The van der Waals surface area contributed by atoms with Crippen LogP contribution in [0.1, 0.15) is 5.56 Å². The number of nitrogens with one attached hydrogen (secondary N) is 1. The quantitative estimate of drug-likeness (QED) is 0.702. The number of hydrogen-bond donors (Lipinski definition) is 1. The molecule has 0 unspecified atom stereocenters. The summed E-state index contributed by atoms with van der Waals surface area (Å²) in [5.41, 5.74) is 3.12. The lowest BCUT2D eigenvalue weighted by Crippen LogP contribution is -1.97. The van der Waals surface area contributed by atoms with Crippen LogP contribution in [0.3, 0.4) is 0 Å². The molecule has 0 fully saturated rings. The molecule has 104 valence electrons. The van der Waals surface area contributed by atoms with E-state index in [-0.39, 0.29) is 0 Å². The van der Waals surface area contributed by atoms with E-state index in [1.807, 2.05) is 54.6 Å². The number of anilines is 2. The molecule has 1 aromatic heterocycles. The topological polar surface area (TPSA) is 37.8 Å². The van der Waals surface area contributed by atoms with Crippen LogP contribution in [-0.4, -0.2) is 9.97 Å². The van der Waals surface area contributed by atoms with E-state index in [1.54, 1.807) is 6.07 Å². The van der Waals surface area contributed by atoms with Gasteiger partial charge in [-0.3, -0.25) is 0 Å². The predicted molar refractivity (Wildman–Crippen MR) is 86.9 cm³/mol. The number of aryl methyl sites for hydroxylation is 1. The van der Waals surface area contributed by atoms with Gasteiger partial charge in [0.2, 0.25) is 0 Å². The summed E-state index contributed by atoms with van der Waals surface area (Å²) in [5, 5.41) is 3.66. The number of halogens is 1. The Morgan fingerprint density at radius 2 is 1.62 bits per heavy atom. The fourth-order valence-electron chi connectivity index (χ4n) is 1.98.